The molecular weight excluding hydrogens is 380 g/mol. The molecule has 152 valence electrons. The van der Waals surface area contributed by atoms with E-state index in [0.29, 0.717) is 6.04 Å². The van der Waals surface area contributed by atoms with Crippen LogP contribution in [0, 0.1) is 0 Å². The molecule has 3 aliphatic rings. The summed E-state index contributed by atoms with van der Waals surface area (Å²) in [6.07, 6.45) is 5.53. The maximum Gasteiger partial charge on any atom is 0.160 e. The molecule has 0 saturated carbocycles. The first-order valence-electron chi connectivity index (χ1n) is 10.6. The summed E-state index contributed by atoms with van der Waals surface area (Å²) >= 11 is 1.88. The number of hydrogen-bond donors (Lipinski definition) is 0. The molecule has 5 rings (SSSR count). The number of methoxy groups -OCH3 is 1. The molecule has 3 unspecified atom stereocenters. The van der Waals surface area contributed by atoms with Gasteiger partial charge < -0.3 is 14.5 Å². The van der Waals surface area contributed by atoms with Gasteiger partial charge in [0.2, 0.25) is 0 Å². The Kier molecular flexibility index (Phi) is 5.12. The molecule has 0 spiro atoms. The normalized spacial score (nSPS) is 26.0. The highest BCUT2D eigenvalue weighted by atomic mass is 32.2. The van der Waals surface area contributed by atoms with Gasteiger partial charge in [0.1, 0.15) is 11.8 Å². The van der Waals surface area contributed by atoms with Gasteiger partial charge in [-0.15, -0.1) is 0 Å². The van der Waals surface area contributed by atoms with Crippen molar-refractivity contribution in [3.63, 3.8) is 0 Å². The topological polar surface area (TPSA) is 41.0 Å². The van der Waals surface area contributed by atoms with E-state index in [0.717, 1.165) is 41.9 Å². The fourth-order valence-corrected chi connectivity index (χ4v) is 6.14. The van der Waals surface area contributed by atoms with E-state index >= 15 is 0 Å². The Labute approximate surface area is 177 Å². The van der Waals surface area contributed by atoms with Crippen LogP contribution in [0.2, 0.25) is 0 Å². The summed E-state index contributed by atoms with van der Waals surface area (Å²) in [5.74, 6) is 2.07. The van der Waals surface area contributed by atoms with Crippen LogP contribution in [-0.4, -0.2) is 47.0 Å². The van der Waals surface area contributed by atoms with Crippen molar-refractivity contribution >= 4 is 22.6 Å². The second-order valence-corrected chi connectivity index (χ2v) is 8.94. The molecule has 0 bridgehead atoms. The SMILES string of the molecule is CCC1CSC2=NC(c3ccccn3)C(c3ccc(N4CCCC4)cc3OC)N21. The highest BCUT2D eigenvalue weighted by Crippen LogP contribution is 2.50. The standard InChI is InChI=1S/C23H28N4OS/c1-3-16-15-29-23-25-21(19-8-4-5-11-24-19)22(27(16)23)18-10-9-17(14-20(18)28-2)26-12-6-7-13-26/h4-5,8-11,14,16,21-22H,3,6-7,12-13,15H2,1-2H3. The van der Waals surface area contributed by atoms with E-state index in [9.17, 15) is 0 Å². The lowest BCUT2D eigenvalue weighted by Crippen LogP contribution is -2.35. The predicted octanol–water partition coefficient (Wildman–Crippen LogP) is 4.67. The van der Waals surface area contributed by atoms with Crippen LogP contribution in [0.4, 0.5) is 5.69 Å². The van der Waals surface area contributed by atoms with E-state index in [4.69, 9.17) is 9.73 Å². The first-order chi connectivity index (χ1) is 14.3. The van der Waals surface area contributed by atoms with Crippen molar-refractivity contribution in [2.75, 3.05) is 30.9 Å². The van der Waals surface area contributed by atoms with Crippen molar-refractivity contribution < 1.29 is 4.74 Å². The molecule has 1 aromatic carbocycles. The van der Waals surface area contributed by atoms with Crippen LogP contribution in [0.1, 0.15) is 49.5 Å². The average Bonchev–Trinajstić information content (AvgIpc) is 3.50. The van der Waals surface area contributed by atoms with Gasteiger partial charge in [-0.2, -0.15) is 0 Å². The van der Waals surface area contributed by atoms with Gasteiger partial charge >= 0.3 is 0 Å². The van der Waals surface area contributed by atoms with Gasteiger partial charge in [0.25, 0.3) is 0 Å². The van der Waals surface area contributed by atoms with Gasteiger partial charge in [-0.05, 0) is 37.5 Å². The van der Waals surface area contributed by atoms with Crippen molar-refractivity contribution in [2.24, 2.45) is 4.99 Å². The first-order valence-corrected chi connectivity index (χ1v) is 11.6. The lowest BCUT2D eigenvalue weighted by Gasteiger charge is -2.33. The van der Waals surface area contributed by atoms with Crippen LogP contribution < -0.4 is 9.64 Å². The maximum absolute atomic E-state index is 5.93. The summed E-state index contributed by atoms with van der Waals surface area (Å²) < 4.78 is 5.93. The van der Waals surface area contributed by atoms with E-state index in [2.05, 4.69) is 52.0 Å². The maximum atomic E-state index is 5.93. The van der Waals surface area contributed by atoms with Gasteiger partial charge in [-0.25, -0.2) is 0 Å². The fraction of sp³-hybridized carbons (Fsp3) is 0.478. The lowest BCUT2D eigenvalue weighted by molar-refractivity contribution is 0.249. The molecular formula is C23H28N4OS. The summed E-state index contributed by atoms with van der Waals surface area (Å²) in [7, 11) is 1.79. The van der Waals surface area contributed by atoms with E-state index in [1.165, 1.54) is 24.1 Å². The zero-order chi connectivity index (χ0) is 19.8. The minimum atomic E-state index is -0.000383. The minimum absolute atomic E-state index is 0.000383. The molecule has 5 nitrogen and oxygen atoms in total. The Morgan fingerprint density at radius 1 is 1.17 bits per heavy atom. The number of rotatable bonds is 5. The minimum Gasteiger partial charge on any atom is -0.496 e. The van der Waals surface area contributed by atoms with Gasteiger partial charge in [-0.3, -0.25) is 9.98 Å². The molecule has 0 radical (unpaired) electrons. The summed E-state index contributed by atoms with van der Waals surface area (Å²) in [6.45, 7) is 4.54. The molecule has 0 aliphatic carbocycles. The van der Waals surface area contributed by atoms with E-state index < -0.39 is 0 Å². The molecule has 6 heteroatoms. The second kappa shape index (κ2) is 7.90. The number of thioether (sulfide) groups is 1. The summed E-state index contributed by atoms with van der Waals surface area (Å²) in [5, 5.41) is 1.16. The molecule has 0 N–H and O–H groups in total. The van der Waals surface area contributed by atoms with Crippen LogP contribution in [-0.2, 0) is 0 Å². The number of benzene rings is 1. The molecule has 2 saturated heterocycles. The molecule has 2 fully saturated rings. The Balaban J connectivity index is 1.57. The van der Waals surface area contributed by atoms with Crippen LogP contribution >= 0.6 is 11.8 Å². The third-order valence-electron chi connectivity index (χ3n) is 6.34. The Hall–Kier alpha value is -2.21. The monoisotopic (exact) mass is 408 g/mol. The number of pyridine rings is 1. The lowest BCUT2D eigenvalue weighted by atomic mass is 9.94. The summed E-state index contributed by atoms with van der Waals surface area (Å²) in [5.41, 5.74) is 3.51. The number of ether oxygens (including phenoxy) is 1. The van der Waals surface area contributed by atoms with Crippen molar-refractivity contribution in [3.05, 3.63) is 53.9 Å². The number of aromatic nitrogens is 1. The zero-order valence-electron chi connectivity index (χ0n) is 17.1. The number of fused-ring (bicyclic) bond motifs is 1. The van der Waals surface area contributed by atoms with Gasteiger partial charge in [0, 0.05) is 48.4 Å². The molecule has 3 aliphatic heterocycles. The molecule has 29 heavy (non-hydrogen) atoms. The molecule has 2 aromatic rings. The first kappa shape index (κ1) is 18.8. The van der Waals surface area contributed by atoms with Crippen molar-refractivity contribution in [1.82, 2.24) is 9.88 Å². The zero-order valence-corrected chi connectivity index (χ0v) is 17.9. The molecule has 4 heterocycles. The quantitative estimate of drug-likeness (QED) is 0.719. The Bertz CT molecular complexity index is 897. The average molecular weight is 409 g/mol. The Morgan fingerprint density at radius 3 is 2.76 bits per heavy atom. The largest absolute Gasteiger partial charge is 0.496 e. The number of anilines is 1. The molecule has 0 amide bonds. The van der Waals surface area contributed by atoms with Crippen molar-refractivity contribution in [1.29, 1.82) is 0 Å². The van der Waals surface area contributed by atoms with E-state index in [1.807, 2.05) is 24.0 Å². The Morgan fingerprint density at radius 2 is 2.03 bits per heavy atom. The van der Waals surface area contributed by atoms with Crippen LogP contribution in [0.15, 0.2) is 47.6 Å². The fourth-order valence-electron chi connectivity index (χ4n) is 4.80. The van der Waals surface area contributed by atoms with E-state index in [-0.39, 0.29) is 12.1 Å². The summed E-state index contributed by atoms with van der Waals surface area (Å²) in [6, 6.07) is 13.5. The number of nitrogens with zero attached hydrogens (tertiary/aromatic N) is 4. The van der Waals surface area contributed by atoms with Crippen molar-refractivity contribution in [3.8, 4) is 5.75 Å². The predicted molar refractivity (Wildman–Crippen MR) is 120 cm³/mol. The van der Waals surface area contributed by atoms with E-state index in [1.54, 1.807) is 7.11 Å². The highest BCUT2D eigenvalue weighted by Gasteiger charge is 2.46. The molecule has 3 atom stereocenters. The van der Waals surface area contributed by atoms with Crippen molar-refractivity contribution in [2.45, 2.75) is 44.3 Å². The molecule has 1 aromatic heterocycles. The van der Waals surface area contributed by atoms with Gasteiger partial charge in [-0.1, -0.05) is 30.8 Å². The van der Waals surface area contributed by atoms with Gasteiger partial charge in [0.15, 0.2) is 5.17 Å². The van der Waals surface area contributed by atoms with Gasteiger partial charge in [0.05, 0.1) is 18.8 Å². The number of hydrogen-bond acceptors (Lipinski definition) is 6. The summed E-state index contributed by atoms with van der Waals surface area (Å²) in [4.78, 5) is 14.8. The highest BCUT2D eigenvalue weighted by molar-refractivity contribution is 8.14. The smallest absolute Gasteiger partial charge is 0.160 e. The van der Waals surface area contributed by atoms with Crippen LogP contribution in [0.5, 0.6) is 5.75 Å². The number of aliphatic imine (C=N–C) groups is 1. The van der Waals surface area contributed by atoms with Crippen LogP contribution in [0.3, 0.4) is 0 Å². The number of amidine groups is 1. The third-order valence-corrected chi connectivity index (χ3v) is 7.46. The third kappa shape index (κ3) is 3.27. The second-order valence-electron chi connectivity index (χ2n) is 7.96. The van der Waals surface area contributed by atoms with Crippen LogP contribution in [0.25, 0.3) is 0 Å².